The van der Waals surface area contributed by atoms with Crippen LogP contribution in [-0.4, -0.2) is 24.0 Å². The summed E-state index contributed by atoms with van der Waals surface area (Å²) in [5, 5.41) is 0. The van der Waals surface area contributed by atoms with E-state index in [1.807, 2.05) is 13.8 Å². The van der Waals surface area contributed by atoms with E-state index in [-0.39, 0.29) is 11.7 Å². The molecule has 1 aromatic carbocycles. The molecule has 0 aliphatic heterocycles. The fourth-order valence-electron chi connectivity index (χ4n) is 1.62. The second kappa shape index (κ2) is 8.14. The molecule has 0 fully saturated rings. The third-order valence-electron chi connectivity index (χ3n) is 2.42. The lowest BCUT2D eigenvalue weighted by Crippen LogP contribution is -2.38. The average Bonchev–Trinajstić information content (AvgIpc) is 2.37. The van der Waals surface area contributed by atoms with Crippen molar-refractivity contribution in [3.05, 3.63) is 30.3 Å². The molecule has 118 valence electrons. The number of para-hydroxylation sites is 1. The van der Waals surface area contributed by atoms with Crippen LogP contribution in [0.5, 0.6) is 5.75 Å². The molecule has 8 heteroatoms. The molecule has 0 saturated carbocycles. The van der Waals surface area contributed by atoms with Gasteiger partial charge in [-0.25, -0.2) is 9.36 Å². The van der Waals surface area contributed by atoms with E-state index >= 15 is 0 Å². The first-order chi connectivity index (χ1) is 9.84. The molecule has 7 nitrogen and oxygen atoms in total. The molecule has 0 bridgehead atoms. The topological polar surface area (TPSA) is 94.1 Å². The number of rotatable bonds is 8. The Morgan fingerprint density at radius 3 is 2.48 bits per heavy atom. The van der Waals surface area contributed by atoms with E-state index < -0.39 is 19.8 Å². The Bertz CT molecular complexity index is 493. The summed E-state index contributed by atoms with van der Waals surface area (Å²) in [7, 11) is -3.19. The first-order valence-electron chi connectivity index (χ1n) is 6.43. The first kappa shape index (κ1) is 17.7. The summed E-state index contributed by atoms with van der Waals surface area (Å²) in [6, 6.07) is 7.10. The second-order valence-corrected chi connectivity index (χ2v) is 6.09. The zero-order valence-corrected chi connectivity index (χ0v) is 13.1. The molecule has 21 heavy (non-hydrogen) atoms. The van der Waals surface area contributed by atoms with Crippen molar-refractivity contribution < 1.29 is 28.1 Å². The molecule has 2 N–H and O–H groups in total. The van der Waals surface area contributed by atoms with Crippen molar-refractivity contribution >= 4 is 13.8 Å². The van der Waals surface area contributed by atoms with Gasteiger partial charge in [0, 0.05) is 0 Å². The minimum absolute atomic E-state index is 0.135. The maximum Gasteiger partial charge on any atom is 0.587 e. The Morgan fingerprint density at radius 2 is 1.95 bits per heavy atom. The van der Waals surface area contributed by atoms with E-state index in [0.29, 0.717) is 6.42 Å². The number of phosphoric ester groups is 1. The van der Waals surface area contributed by atoms with Crippen molar-refractivity contribution in [1.29, 1.82) is 0 Å². The van der Waals surface area contributed by atoms with Crippen LogP contribution in [0, 0.1) is 5.92 Å². The van der Waals surface area contributed by atoms with Crippen molar-refractivity contribution in [2.45, 2.75) is 26.3 Å². The predicted octanol–water partition coefficient (Wildman–Crippen LogP) is 2.27. The Balaban J connectivity index is 2.67. The van der Waals surface area contributed by atoms with Crippen molar-refractivity contribution in [1.82, 2.24) is 5.48 Å². The van der Waals surface area contributed by atoms with Crippen LogP contribution < -0.4 is 10.0 Å². The molecule has 0 aliphatic rings. The number of carbonyl (C=O) groups excluding carboxylic acids is 1. The minimum atomic E-state index is -4.54. The van der Waals surface area contributed by atoms with Crippen LogP contribution in [0.25, 0.3) is 0 Å². The lowest BCUT2D eigenvalue weighted by molar-refractivity contribution is -0.142. The zero-order chi connectivity index (χ0) is 15.9. The normalized spacial score (nSPS) is 15.3. The van der Waals surface area contributed by atoms with Gasteiger partial charge >= 0.3 is 13.8 Å². The smallest absolute Gasteiger partial charge is 0.395 e. The maximum absolute atomic E-state index is 11.9. The van der Waals surface area contributed by atoms with E-state index in [4.69, 9.17) is 9.36 Å². The van der Waals surface area contributed by atoms with Gasteiger partial charge in [0.1, 0.15) is 11.8 Å². The van der Waals surface area contributed by atoms with Crippen molar-refractivity contribution in [3.63, 3.8) is 0 Å². The number of hydroxylamine groups is 1. The third kappa shape index (κ3) is 6.73. The molecule has 0 amide bonds. The fraction of sp³-hybridized carbons (Fsp3) is 0.462. The van der Waals surface area contributed by atoms with E-state index in [1.54, 1.807) is 18.2 Å². The van der Waals surface area contributed by atoms with Crippen molar-refractivity contribution in [2.75, 3.05) is 7.11 Å². The molecule has 0 heterocycles. The summed E-state index contributed by atoms with van der Waals surface area (Å²) in [5.41, 5.74) is 2.44. The molecule has 0 radical (unpaired) electrons. The van der Waals surface area contributed by atoms with E-state index in [2.05, 4.69) is 10.0 Å². The molecular formula is C13H20NO6P. The van der Waals surface area contributed by atoms with Crippen LogP contribution in [0.4, 0.5) is 0 Å². The molecule has 0 aromatic heterocycles. The Kier molecular flexibility index (Phi) is 6.84. The Morgan fingerprint density at radius 1 is 1.33 bits per heavy atom. The third-order valence-corrected chi connectivity index (χ3v) is 3.27. The number of phosphoric acid groups is 1. The highest BCUT2D eigenvalue weighted by atomic mass is 31.2. The molecular weight excluding hydrogens is 297 g/mol. The fourth-order valence-corrected chi connectivity index (χ4v) is 2.40. The quantitative estimate of drug-likeness (QED) is 0.561. The SMILES string of the molecule is CON[C@@H](CC(C)C)C(=O)OP(=O)(O)Oc1ccccc1. The highest BCUT2D eigenvalue weighted by molar-refractivity contribution is 7.48. The summed E-state index contributed by atoms with van der Waals surface area (Å²) in [6.45, 7) is 3.80. The van der Waals surface area contributed by atoms with Gasteiger partial charge in [-0.05, 0) is 24.5 Å². The Labute approximate surface area is 123 Å². The summed E-state index contributed by atoms with van der Waals surface area (Å²) in [4.78, 5) is 26.2. The molecule has 1 unspecified atom stereocenters. The van der Waals surface area contributed by atoms with Crippen LogP contribution in [0.2, 0.25) is 0 Å². The van der Waals surface area contributed by atoms with E-state index in [1.165, 1.54) is 19.2 Å². The van der Waals surface area contributed by atoms with Crippen LogP contribution in [0.1, 0.15) is 20.3 Å². The molecule has 0 saturated heterocycles. The summed E-state index contributed by atoms with van der Waals surface area (Å²) >= 11 is 0. The highest BCUT2D eigenvalue weighted by Crippen LogP contribution is 2.44. The van der Waals surface area contributed by atoms with Gasteiger partial charge < -0.3 is 13.9 Å². The summed E-state index contributed by atoms with van der Waals surface area (Å²) in [5.74, 6) is -0.609. The molecule has 0 spiro atoms. The van der Waals surface area contributed by atoms with E-state index in [9.17, 15) is 14.3 Å². The molecule has 1 rings (SSSR count). The Hall–Kier alpha value is -1.40. The standard InChI is InChI=1S/C13H20NO6P/c1-10(2)9-12(14-18-3)13(15)20-21(16,17)19-11-7-5-4-6-8-11/h4-8,10,12,14H,9H2,1-3H3,(H,16,17)/t12-/m0/s1. The van der Waals surface area contributed by atoms with Crippen LogP contribution >= 0.6 is 7.82 Å². The average molecular weight is 317 g/mol. The van der Waals surface area contributed by atoms with Crippen molar-refractivity contribution in [2.24, 2.45) is 5.92 Å². The molecule has 0 aliphatic carbocycles. The number of benzene rings is 1. The number of hydrogen-bond acceptors (Lipinski definition) is 6. The van der Waals surface area contributed by atoms with Crippen LogP contribution in [0.15, 0.2) is 30.3 Å². The van der Waals surface area contributed by atoms with Gasteiger partial charge in [0.15, 0.2) is 0 Å². The van der Waals surface area contributed by atoms with Gasteiger partial charge in [0.2, 0.25) is 0 Å². The lowest BCUT2D eigenvalue weighted by atomic mass is 10.1. The molecule has 2 atom stereocenters. The van der Waals surface area contributed by atoms with Gasteiger partial charge in [-0.3, -0.25) is 4.89 Å². The van der Waals surface area contributed by atoms with Gasteiger partial charge in [-0.15, -0.1) is 0 Å². The first-order valence-corrected chi connectivity index (χ1v) is 7.93. The minimum Gasteiger partial charge on any atom is -0.395 e. The monoisotopic (exact) mass is 317 g/mol. The number of carbonyl (C=O) groups is 1. The highest BCUT2D eigenvalue weighted by Gasteiger charge is 2.32. The largest absolute Gasteiger partial charge is 0.587 e. The maximum atomic E-state index is 11.9. The second-order valence-electron chi connectivity index (χ2n) is 4.79. The van der Waals surface area contributed by atoms with E-state index in [0.717, 1.165) is 0 Å². The number of hydrogen-bond donors (Lipinski definition) is 2. The lowest BCUT2D eigenvalue weighted by Gasteiger charge is -2.19. The van der Waals surface area contributed by atoms with Gasteiger partial charge in [0.25, 0.3) is 0 Å². The van der Waals surface area contributed by atoms with Gasteiger partial charge in [-0.1, -0.05) is 32.0 Å². The predicted molar refractivity (Wildman–Crippen MR) is 76.4 cm³/mol. The van der Waals surface area contributed by atoms with Crippen molar-refractivity contribution in [3.8, 4) is 5.75 Å². The summed E-state index contributed by atoms with van der Waals surface area (Å²) < 4.78 is 21.2. The molecule has 1 aromatic rings. The summed E-state index contributed by atoms with van der Waals surface area (Å²) in [6.07, 6.45) is 0.387. The van der Waals surface area contributed by atoms with Crippen LogP contribution in [-0.2, 0) is 18.7 Å². The van der Waals surface area contributed by atoms with Gasteiger partial charge in [0.05, 0.1) is 7.11 Å². The van der Waals surface area contributed by atoms with Gasteiger partial charge in [-0.2, -0.15) is 5.48 Å². The zero-order valence-electron chi connectivity index (χ0n) is 12.2. The number of nitrogens with one attached hydrogen (secondary N) is 1. The van der Waals surface area contributed by atoms with Crippen LogP contribution in [0.3, 0.4) is 0 Å².